The molecule has 0 unspecified atom stereocenters. The van der Waals surface area contributed by atoms with Crippen molar-refractivity contribution in [2.75, 3.05) is 14.2 Å². The molecule has 2 aromatic rings. The molecule has 2 aromatic carbocycles. The Kier molecular flexibility index (Phi) is 5.71. The predicted molar refractivity (Wildman–Crippen MR) is 109 cm³/mol. The molecule has 0 spiro atoms. The van der Waals surface area contributed by atoms with E-state index in [1.165, 1.54) is 11.9 Å². The summed E-state index contributed by atoms with van der Waals surface area (Å²) in [5, 5.41) is 5.71. The number of hydrogen-bond donors (Lipinski definition) is 0. The van der Waals surface area contributed by atoms with E-state index in [9.17, 15) is 4.79 Å². The monoisotopic (exact) mass is 530 g/mol. The quantitative estimate of drug-likeness (QED) is 0.553. The van der Waals surface area contributed by atoms with Gasteiger partial charge in [0.25, 0.3) is 0 Å². The third-order valence-electron chi connectivity index (χ3n) is 3.84. The van der Waals surface area contributed by atoms with Crippen LogP contribution in [0.2, 0.25) is 0 Å². The van der Waals surface area contributed by atoms with Gasteiger partial charge in [-0.1, -0.05) is 12.1 Å². The van der Waals surface area contributed by atoms with Crippen molar-refractivity contribution < 1.29 is 19.0 Å². The van der Waals surface area contributed by atoms with Gasteiger partial charge in [-0.3, -0.25) is 4.79 Å². The number of carbonyl (C=O) groups excluding carboxylic acids is 1. The highest BCUT2D eigenvalue weighted by Gasteiger charge is 2.36. The minimum absolute atomic E-state index is 0.232. The second-order valence-corrected chi connectivity index (χ2v) is 7.46. The number of ether oxygens (including phenoxy) is 3. The molecule has 1 amide bonds. The van der Waals surface area contributed by atoms with Crippen LogP contribution in [0.3, 0.4) is 0 Å². The molecule has 6 nitrogen and oxygen atoms in total. The number of rotatable bonds is 4. The van der Waals surface area contributed by atoms with Crippen molar-refractivity contribution >= 4 is 50.3 Å². The zero-order chi connectivity index (χ0) is 18.8. The summed E-state index contributed by atoms with van der Waals surface area (Å²) < 4.78 is 18.6. The molecule has 0 radical (unpaired) electrons. The molecule has 3 rings (SSSR count). The number of benzene rings is 2. The van der Waals surface area contributed by atoms with Gasteiger partial charge in [0.15, 0.2) is 0 Å². The second kappa shape index (κ2) is 7.83. The fourth-order valence-electron chi connectivity index (χ4n) is 2.59. The Balaban J connectivity index is 2.05. The van der Waals surface area contributed by atoms with Crippen LogP contribution in [0, 0.1) is 3.57 Å². The van der Waals surface area contributed by atoms with Gasteiger partial charge in [0, 0.05) is 16.6 Å². The zero-order valence-electron chi connectivity index (χ0n) is 14.3. The Morgan fingerprint density at radius 2 is 1.92 bits per heavy atom. The minimum Gasteiger partial charge on any atom is -0.496 e. The molecule has 1 heterocycles. The van der Waals surface area contributed by atoms with Crippen molar-refractivity contribution in [3.63, 3.8) is 0 Å². The van der Waals surface area contributed by atoms with Crippen LogP contribution >= 0.6 is 38.5 Å². The van der Waals surface area contributed by atoms with Gasteiger partial charge in [-0.2, -0.15) is 5.01 Å². The van der Waals surface area contributed by atoms with Gasteiger partial charge in [-0.05, 0) is 56.7 Å². The first kappa shape index (κ1) is 19.0. The Bertz CT molecular complexity index is 887. The van der Waals surface area contributed by atoms with Crippen LogP contribution in [-0.4, -0.2) is 31.0 Å². The minimum atomic E-state index is -0.726. The highest BCUT2D eigenvalue weighted by Crippen LogP contribution is 2.41. The van der Waals surface area contributed by atoms with Gasteiger partial charge in [0.05, 0.1) is 29.8 Å². The standard InChI is InChI=1S/C18H16BrIN2O4/c1-10(23)22-18(12-8-13(19)16(25-3)9-15(12)24-2)26-17(21-22)11-6-4-5-7-14(11)20/h4-9,18H,1-3H3/t18-/m1/s1. The first-order valence-electron chi connectivity index (χ1n) is 7.67. The molecule has 0 N–H and O–H groups in total. The summed E-state index contributed by atoms with van der Waals surface area (Å²) in [6.07, 6.45) is -0.726. The Hall–Kier alpha value is -1.81. The van der Waals surface area contributed by atoms with E-state index in [0.717, 1.165) is 13.6 Å². The molecule has 26 heavy (non-hydrogen) atoms. The molecule has 0 aliphatic carbocycles. The van der Waals surface area contributed by atoms with Crippen LogP contribution in [0.5, 0.6) is 11.5 Å². The predicted octanol–water partition coefficient (Wildman–Crippen LogP) is 4.31. The van der Waals surface area contributed by atoms with E-state index in [1.807, 2.05) is 30.3 Å². The normalized spacial score (nSPS) is 16.1. The molecule has 0 aromatic heterocycles. The molecule has 0 saturated heterocycles. The maximum atomic E-state index is 12.2. The van der Waals surface area contributed by atoms with E-state index in [2.05, 4.69) is 43.6 Å². The Morgan fingerprint density at radius 1 is 1.23 bits per heavy atom. The van der Waals surface area contributed by atoms with Gasteiger partial charge in [-0.15, -0.1) is 5.10 Å². The van der Waals surface area contributed by atoms with Crippen molar-refractivity contribution in [2.24, 2.45) is 5.10 Å². The number of halogens is 2. The molecule has 0 saturated carbocycles. The molecular formula is C18H16BrIN2O4. The number of methoxy groups -OCH3 is 2. The fourth-order valence-corrected chi connectivity index (χ4v) is 3.73. The highest BCUT2D eigenvalue weighted by atomic mass is 127. The number of carbonyl (C=O) groups is 1. The van der Waals surface area contributed by atoms with Crippen LogP contribution in [0.1, 0.15) is 24.3 Å². The maximum absolute atomic E-state index is 12.2. The first-order valence-corrected chi connectivity index (χ1v) is 9.54. The van der Waals surface area contributed by atoms with Crippen LogP contribution < -0.4 is 9.47 Å². The van der Waals surface area contributed by atoms with E-state index >= 15 is 0 Å². The lowest BCUT2D eigenvalue weighted by atomic mass is 10.1. The maximum Gasteiger partial charge on any atom is 0.243 e. The van der Waals surface area contributed by atoms with E-state index in [0.29, 0.717) is 23.0 Å². The topological polar surface area (TPSA) is 60.4 Å². The third-order valence-corrected chi connectivity index (χ3v) is 5.40. The SMILES string of the molecule is COc1cc(OC)c([C@H]2OC(c3ccccc3I)=NN2C(C)=O)cc1Br. The van der Waals surface area contributed by atoms with Crippen molar-refractivity contribution in [3.8, 4) is 11.5 Å². The molecule has 1 aliphatic heterocycles. The lowest BCUT2D eigenvalue weighted by Gasteiger charge is -2.22. The lowest BCUT2D eigenvalue weighted by molar-refractivity contribution is -0.135. The Morgan fingerprint density at radius 3 is 2.54 bits per heavy atom. The number of hydrogen-bond acceptors (Lipinski definition) is 5. The molecule has 136 valence electrons. The second-order valence-electron chi connectivity index (χ2n) is 5.45. The summed E-state index contributed by atoms with van der Waals surface area (Å²) in [5.41, 5.74) is 1.49. The smallest absolute Gasteiger partial charge is 0.243 e. The summed E-state index contributed by atoms with van der Waals surface area (Å²) in [7, 11) is 3.13. The van der Waals surface area contributed by atoms with Crippen molar-refractivity contribution in [1.29, 1.82) is 0 Å². The van der Waals surface area contributed by atoms with Gasteiger partial charge >= 0.3 is 0 Å². The summed E-state index contributed by atoms with van der Waals surface area (Å²) in [4.78, 5) is 12.2. The summed E-state index contributed by atoms with van der Waals surface area (Å²) in [5.74, 6) is 1.33. The molecule has 1 atom stereocenters. The average Bonchev–Trinajstić information content (AvgIpc) is 3.07. The average molecular weight is 531 g/mol. The summed E-state index contributed by atoms with van der Waals surface area (Å²) in [6.45, 7) is 1.45. The summed E-state index contributed by atoms with van der Waals surface area (Å²) in [6, 6.07) is 11.3. The molecular weight excluding hydrogens is 515 g/mol. The third kappa shape index (κ3) is 3.52. The Labute approximate surface area is 173 Å². The van der Waals surface area contributed by atoms with Gasteiger partial charge < -0.3 is 14.2 Å². The van der Waals surface area contributed by atoms with Crippen molar-refractivity contribution in [1.82, 2.24) is 5.01 Å². The van der Waals surface area contributed by atoms with E-state index in [-0.39, 0.29) is 5.91 Å². The van der Waals surface area contributed by atoms with E-state index in [4.69, 9.17) is 14.2 Å². The van der Waals surface area contributed by atoms with Crippen molar-refractivity contribution in [3.05, 3.63) is 55.6 Å². The first-order chi connectivity index (χ1) is 12.5. The molecule has 0 fully saturated rings. The fraction of sp³-hybridized carbons (Fsp3) is 0.222. The van der Waals surface area contributed by atoms with Gasteiger partial charge in [0.1, 0.15) is 11.5 Å². The molecule has 1 aliphatic rings. The van der Waals surface area contributed by atoms with Crippen LogP contribution in [0.25, 0.3) is 0 Å². The van der Waals surface area contributed by atoms with Crippen molar-refractivity contribution in [2.45, 2.75) is 13.2 Å². The number of hydrazone groups is 1. The number of amides is 1. The zero-order valence-corrected chi connectivity index (χ0v) is 18.1. The van der Waals surface area contributed by atoms with Gasteiger partial charge in [0.2, 0.25) is 18.0 Å². The largest absolute Gasteiger partial charge is 0.496 e. The van der Waals surface area contributed by atoms with Gasteiger partial charge in [-0.25, -0.2) is 0 Å². The van der Waals surface area contributed by atoms with Crippen LogP contribution in [0.4, 0.5) is 0 Å². The van der Waals surface area contributed by atoms with E-state index in [1.54, 1.807) is 20.3 Å². The summed E-state index contributed by atoms with van der Waals surface area (Å²) >= 11 is 5.68. The molecule has 0 bridgehead atoms. The highest BCUT2D eigenvalue weighted by molar-refractivity contribution is 14.1. The number of nitrogens with zero attached hydrogens (tertiary/aromatic N) is 2. The molecule has 8 heteroatoms. The van der Waals surface area contributed by atoms with Crippen LogP contribution in [-0.2, 0) is 9.53 Å². The van der Waals surface area contributed by atoms with Crippen LogP contribution in [0.15, 0.2) is 46.0 Å². The lowest BCUT2D eigenvalue weighted by Crippen LogP contribution is -2.25. The van der Waals surface area contributed by atoms with E-state index < -0.39 is 6.23 Å².